The summed E-state index contributed by atoms with van der Waals surface area (Å²) in [5, 5.41) is 3.16. The average molecular weight is 310 g/mol. The van der Waals surface area contributed by atoms with Gasteiger partial charge in [-0.15, -0.1) is 24.8 Å². The lowest BCUT2D eigenvalue weighted by Gasteiger charge is -2.08. The molecule has 0 saturated heterocycles. The van der Waals surface area contributed by atoms with Crippen molar-refractivity contribution in [1.82, 2.24) is 9.55 Å². The molecule has 0 radical (unpaired) electrons. The van der Waals surface area contributed by atoms with Gasteiger partial charge in [-0.25, -0.2) is 4.98 Å². The largest absolute Gasteiger partial charge is 0.359 e. The van der Waals surface area contributed by atoms with E-state index in [-0.39, 0.29) is 24.8 Å². The van der Waals surface area contributed by atoms with Crippen LogP contribution in [0, 0.1) is 0 Å². The molecule has 3 rings (SSSR count). The smallest absolute Gasteiger partial charge is 0.203 e. The number of aromatic nitrogens is 2. The normalized spacial score (nSPS) is 9.65. The van der Waals surface area contributed by atoms with Gasteiger partial charge in [-0.3, -0.25) is 0 Å². The first-order chi connectivity index (χ1) is 8.88. The Morgan fingerprint density at radius 2 is 1.60 bits per heavy atom. The lowest BCUT2D eigenvalue weighted by atomic mass is 10.2. The fourth-order valence-corrected chi connectivity index (χ4v) is 2.19. The van der Waals surface area contributed by atoms with E-state index < -0.39 is 0 Å². The Bertz CT molecular complexity index is 665. The van der Waals surface area contributed by atoms with Gasteiger partial charge in [-0.05, 0) is 17.7 Å². The number of anilines is 1. The summed E-state index contributed by atoms with van der Waals surface area (Å²) in [6.07, 6.45) is 0. The Morgan fingerprint density at radius 3 is 2.30 bits per heavy atom. The molecular formula is C15H17Cl2N3. The molecule has 1 heterocycles. The Kier molecular flexibility index (Phi) is 5.86. The van der Waals surface area contributed by atoms with Crippen LogP contribution >= 0.6 is 24.8 Å². The number of nitrogens with zero attached hydrogens (tertiary/aromatic N) is 2. The standard InChI is InChI=1S/C15H15N3.2ClH/c1-16-15-17-13-9-5-6-10-14(13)18(15)11-12-7-3-2-4-8-12;;/h2-10H,11H2,1H3,(H,16,17);2*1H. The summed E-state index contributed by atoms with van der Waals surface area (Å²) < 4.78 is 2.20. The molecule has 3 nitrogen and oxygen atoms in total. The van der Waals surface area contributed by atoms with Gasteiger partial charge in [-0.1, -0.05) is 42.5 Å². The van der Waals surface area contributed by atoms with Crippen LogP contribution in [0.25, 0.3) is 11.0 Å². The molecule has 20 heavy (non-hydrogen) atoms. The fraction of sp³-hybridized carbons (Fsp3) is 0.133. The average Bonchev–Trinajstić information content (AvgIpc) is 2.78. The van der Waals surface area contributed by atoms with Crippen LogP contribution in [0.2, 0.25) is 0 Å². The molecule has 0 bridgehead atoms. The zero-order chi connectivity index (χ0) is 12.4. The van der Waals surface area contributed by atoms with Crippen molar-refractivity contribution in [2.45, 2.75) is 6.54 Å². The molecule has 1 aromatic heterocycles. The Morgan fingerprint density at radius 1 is 0.950 bits per heavy atom. The molecule has 2 aromatic carbocycles. The van der Waals surface area contributed by atoms with Crippen LogP contribution < -0.4 is 5.32 Å². The quantitative estimate of drug-likeness (QED) is 0.793. The molecule has 0 saturated carbocycles. The van der Waals surface area contributed by atoms with Gasteiger partial charge in [0.2, 0.25) is 5.95 Å². The highest BCUT2D eigenvalue weighted by Gasteiger charge is 2.08. The second-order valence-electron chi connectivity index (χ2n) is 4.25. The van der Waals surface area contributed by atoms with Crippen molar-refractivity contribution in [2.75, 3.05) is 12.4 Å². The molecule has 0 aliphatic carbocycles. The SMILES string of the molecule is CNc1nc2ccccc2n1Cc1ccccc1.Cl.Cl. The number of para-hydroxylation sites is 2. The van der Waals surface area contributed by atoms with E-state index >= 15 is 0 Å². The molecule has 0 aliphatic rings. The third-order valence-corrected chi connectivity index (χ3v) is 3.06. The second-order valence-corrected chi connectivity index (χ2v) is 4.25. The van der Waals surface area contributed by atoms with Crippen molar-refractivity contribution >= 4 is 41.8 Å². The van der Waals surface area contributed by atoms with Gasteiger partial charge in [-0.2, -0.15) is 0 Å². The molecule has 106 valence electrons. The van der Waals surface area contributed by atoms with Crippen molar-refractivity contribution in [3.05, 3.63) is 60.2 Å². The van der Waals surface area contributed by atoms with E-state index in [2.05, 4.69) is 45.2 Å². The topological polar surface area (TPSA) is 29.9 Å². The molecule has 0 unspecified atom stereocenters. The summed E-state index contributed by atoms with van der Waals surface area (Å²) in [6, 6.07) is 18.6. The van der Waals surface area contributed by atoms with Gasteiger partial charge in [0.15, 0.2) is 0 Å². The number of hydrogen-bond donors (Lipinski definition) is 1. The number of rotatable bonds is 3. The Labute approximate surface area is 130 Å². The molecule has 0 atom stereocenters. The van der Waals surface area contributed by atoms with Crippen molar-refractivity contribution in [2.24, 2.45) is 0 Å². The number of imidazole rings is 1. The van der Waals surface area contributed by atoms with E-state index in [0.717, 1.165) is 23.5 Å². The lowest BCUT2D eigenvalue weighted by Crippen LogP contribution is -2.04. The maximum Gasteiger partial charge on any atom is 0.203 e. The third kappa shape index (κ3) is 3.06. The Balaban J connectivity index is 0.000001000. The van der Waals surface area contributed by atoms with Crippen LogP contribution in [0.1, 0.15) is 5.56 Å². The van der Waals surface area contributed by atoms with Crippen LogP contribution in [-0.2, 0) is 6.54 Å². The molecule has 1 N–H and O–H groups in total. The summed E-state index contributed by atoms with van der Waals surface area (Å²) in [5.74, 6) is 0.903. The van der Waals surface area contributed by atoms with E-state index in [1.165, 1.54) is 5.56 Å². The first-order valence-electron chi connectivity index (χ1n) is 6.05. The molecule has 0 amide bonds. The van der Waals surface area contributed by atoms with Crippen molar-refractivity contribution < 1.29 is 0 Å². The zero-order valence-electron chi connectivity index (χ0n) is 11.1. The molecule has 0 spiro atoms. The van der Waals surface area contributed by atoms with Gasteiger partial charge >= 0.3 is 0 Å². The highest BCUT2D eigenvalue weighted by atomic mass is 35.5. The number of hydrogen-bond acceptors (Lipinski definition) is 2. The number of nitrogens with one attached hydrogen (secondary N) is 1. The van der Waals surface area contributed by atoms with Gasteiger partial charge in [0.25, 0.3) is 0 Å². The van der Waals surface area contributed by atoms with E-state index in [4.69, 9.17) is 0 Å². The summed E-state index contributed by atoms with van der Waals surface area (Å²) in [5.41, 5.74) is 3.46. The maximum atomic E-state index is 4.58. The number of halogens is 2. The summed E-state index contributed by atoms with van der Waals surface area (Å²) in [4.78, 5) is 4.58. The summed E-state index contributed by atoms with van der Waals surface area (Å²) in [6.45, 7) is 0.831. The lowest BCUT2D eigenvalue weighted by molar-refractivity contribution is 0.832. The minimum absolute atomic E-state index is 0. The first kappa shape index (κ1) is 16.3. The van der Waals surface area contributed by atoms with Gasteiger partial charge in [0.05, 0.1) is 17.6 Å². The minimum Gasteiger partial charge on any atom is -0.359 e. The molecule has 3 aromatic rings. The Hall–Kier alpha value is -1.71. The van der Waals surface area contributed by atoms with E-state index in [0.29, 0.717) is 0 Å². The summed E-state index contributed by atoms with van der Waals surface area (Å²) >= 11 is 0. The number of fused-ring (bicyclic) bond motifs is 1. The predicted octanol–water partition coefficient (Wildman–Crippen LogP) is 3.97. The third-order valence-electron chi connectivity index (χ3n) is 3.06. The molecule has 0 aliphatic heterocycles. The number of benzene rings is 2. The van der Waals surface area contributed by atoms with E-state index in [9.17, 15) is 0 Å². The second kappa shape index (κ2) is 7.17. The minimum atomic E-state index is 0. The van der Waals surface area contributed by atoms with Gasteiger partial charge < -0.3 is 9.88 Å². The van der Waals surface area contributed by atoms with Gasteiger partial charge in [0.1, 0.15) is 0 Å². The predicted molar refractivity (Wildman–Crippen MR) is 89.3 cm³/mol. The van der Waals surface area contributed by atoms with Crippen LogP contribution in [0.4, 0.5) is 5.95 Å². The monoisotopic (exact) mass is 309 g/mol. The highest BCUT2D eigenvalue weighted by Crippen LogP contribution is 2.20. The molecule has 5 heteroatoms. The molecular weight excluding hydrogens is 293 g/mol. The van der Waals surface area contributed by atoms with Crippen molar-refractivity contribution in [3.8, 4) is 0 Å². The zero-order valence-corrected chi connectivity index (χ0v) is 12.7. The van der Waals surface area contributed by atoms with Crippen molar-refractivity contribution in [3.63, 3.8) is 0 Å². The van der Waals surface area contributed by atoms with E-state index in [1.807, 2.05) is 31.3 Å². The summed E-state index contributed by atoms with van der Waals surface area (Å²) in [7, 11) is 1.91. The van der Waals surface area contributed by atoms with Crippen LogP contribution in [0.3, 0.4) is 0 Å². The van der Waals surface area contributed by atoms with Crippen LogP contribution in [0.15, 0.2) is 54.6 Å². The van der Waals surface area contributed by atoms with Crippen LogP contribution in [-0.4, -0.2) is 16.6 Å². The maximum absolute atomic E-state index is 4.58. The van der Waals surface area contributed by atoms with Gasteiger partial charge in [0, 0.05) is 7.05 Å². The fourth-order valence-electron chi connectivity index (χ4n) is 2.19. The van der Waals surface area contributed by atoms with Crippen molar-refractivity contribution in [1.29, 1.82) is 0 Å². The van der Waals surface area contributed by atoms with E-state index in [1.54, 1.807) is 0 Å². The molecule has 0 fully saturated rings. The van der Waals surface area contributed by atoms with Crippen LogP contribution in [0.5, 0.6) is 0 Å². The highest BCUT2D eigenvalue weighted by molar-refractivity contribution is 5.85. The first-order valence-corrected chi connectivity index (χ1v) is 6.05.